The number of nitrogens with zero attached hydrogens (tertiary/aromatic N) is 2. The van der Waals surface area contributed by atoms with Gasteiger partial charge in [0.05, 0.1) is 5.69 Å². The minimum atomic E-state index is 0.316. The van der Waals surface area contributed by atoms with Gasteiger partial charge in [-0.2, -0.15) is 5.10 Å². The van der Waals surface area contributed by atoms with Gasteiger partial charge in [-0.25, -0.2) is 0 Å². The molecule has 0 aliphatic carbocycles. The van der Waals surface area contributed by atoms with Crippen molar-refractivity contribution in [1.29, 1.82) is 0 Å². The van der Waals surface area contributed by atoms with Crippen molar-refractivity contribution >= 4 is 0 Å². The molecule has 0 bridgehead atoms. The van der Waals surface area contributed by atoms with Crippen LogP contribution in [0.15, 0.2) is 24.3 Å². The molecule has 1 N–H and O–H groups in total. The van der Waals surface area contributed by atoms with Crippen molar-refractivity contribution in [2.24, 2.45) is 7.05 Å². The van der Waals surface area contributed by atoms with Crippen molar-refractivity contribution in [2.45, 2.75) is 33.2 Å². The van der Waals surface area contributed by atoms with E-state index in [1.807, 2.05) is 18.8 Å². The Hall–Kier alpha value is -1.61. The summed E-state index contributed by atoms with van der Waals surface area (Å²) in [5.41, 5.74) is 6.34. The lowest BCUT2D eigenvalue weighted by atomic mass is 9.97. The Morgan fingerprint density at radius 1 is 1.16 bits per heavy atom. The lowest BCUT2D eigenvalue weighted by Gasteiger charge is -2.17. The van der Waals surface area contributed by atoms with Crippen molar-refractivity contribution < 1.29 is 0 Å². The van der Waals surface area contributed by atoms with E-state index in [1.165, 1.54) is 22.4 Å². The van der Waals surface area contributed by atoms with Gasteiger partial charge in [0.15, 0.2) is 0 Å². The second kappa shape index (κ2) is 5.57. The molecule has 2 aromatic rings. The summed E-state index contributed by atoms with van der Waals surface area (Å²) in [6.07, 6.45) is 0.990. The first-order valence-electron chi connectivity index (χ1n) is 6.75. The zero-order valence-corrected chi connectivity index (χ0v) is 12.5. The summed E-state index contributed by atoms with van der Waals surface area (Å²) in [7, 11) is 4.02. The van der Waals surface area contributed by atoms with Crippen molar-refractivity contribution in [2.75, 3.05) is 7.05 Å². The van der Waals surface area contributed by atoms with Gasteiger partial charge >= 0.3 is 0 Å². The first-order valence-corrected chi connectivity index (χ1v) is 6.75. The van der Waals surface area contributed by atoms with Crippen LogP contribution in [0.1, 0.15) is 34.1 Å². The quantitative estimate of drug-likeness (QED) is 0.912. The number of benzene rings is 1. The maximum absolute atomic E-state index is 4.51. The van der Waals surface area contributed by atoms with Crippen LogP contribution >= 0.6 is 0 Å². The lowest BCUT2D eigenvalue weighted by Crippen LogP contribution is -2.20. The van der Waals surface area contributed by atoms with E-state index in [0.29, 0.717) is 6.04 Å². The van der Waals surface area contributed by atoms with Crippen LogP contribution in [0.25, 0.3) is 0 Å². The molecule has 0 saturated heterocycles. The molecule has 1 unspecified atom stereocenters. The van der Waals surface area contributed by atoms with Crippen LogP contribution in [-0.2, 0) is 13.5 Å². The minimum Gasteiger partial charge on any atom is -0.313 e. The summed E-state index contributed by atoms with van der Waals surface area (Å²) in [5.74, 6) is 0. The number of rotatable bonds is 4. The molecule has 19 heavy (non-hydrogen) atoms. The zero-order valence-electron chi connectivity index (χ0n) is 12.5. The molecule has 1 heterocycles. The maximum atomic E-state index is 4.51. The lowest BCUT2D eigenvalue weighted by molar-refractivity contribution is 0.584. The fourth-order valence-corrected chi connectivity index (χ4v) is 2.60. The highest BCUT2D eigenvalue weighted by molar-refractivity contribution is 5.31. The van der Waals surface area contributed by atoms with Crippen molar-refractivity contribution in [1.82, 2.24) is 15.1 Å². The standard InChI is InChI=1S/C16H23N3/c1-11-6-8-14(9-7-11)10-15(17-4)16-12(2)18-19(5)13(16)3/h6-9,15,17H,10H2,1-5H3. The average Bonchev–Trinajstić information content (AvgIpc) is 2.63. The molecule has 0 spiro atoms. The van der Waals surface area contributed by atoms with E-state index in [4.69, 9.17) is 0 Å². The fraction of sp³-hybridized carbons (Fsp3) is 0.438. The van der Waals surface area contributed by atoms with Gasteiger partial charge in [-0.1, -0.05) is 29.8 Å². The topological polar surface area (TPSA) is 29.9 Å². The molecule has 0 fully saturated rings. The Morgan fingerprint density at radius 2 is 1.79 bits per heavy atom. The van der Waals surface area contributed by atoms with Crippen LogP contribution in [0.4, 0.5) is 0 Å². The Morgan fingerprint density at radius 3 is 2.26 bits per heavy atom. The summed E-state index contributed by atoms with van der Waals surface area (Å²) < 4.78 is 1.96. The summed E-state index contributed by atoms with van der Waals surface area (Å²) in [5, 5.41) is 7.93. The first kappa shape index (κ1) is 13.8. The summed E-state index contributed by atoms with van der Waals surface area (Å²) in [6, 6.07) is 9.08. The van der Waals surface area contributed by atoms with Crippen molar-refractivity contribution in [3.63, 3.8) is 0 Å². The zero-order chi connectivity index (χ0) is 14.0. The maximum Gasteiger partial charge on any atom is 0.0644 e. The smallest absolute Gasteiger partial charge is 0.0644 e. The second-order valence-electron chi connectivity index (χ2n) is 5.24. The molecule has 3 heteroatoms. The number of hydrogen-bond acceptors (Lipinski definition) is 2. The van der Waals surface area contributed by atoms with Crippen LogP contribution in [0.2, 0.25) is 0 Å². The molecule has 0 saturated carbocycles. The van der Waals surface area contributed by atoms with Crippen LogP contribution in [0, 0.1) is 20.8 Å². The van der Waals surface area contributed by atoms with E-state index in [9.17, 15) is 0 Å². The van der Waals surface area contributed by atoms with Gasteiger partial charge in [0.1, 0.15) is 0 Å². The SMILES string of the molecule is CNC(Cc1ccc(C)cc1)c1c(C)nn(C)c1C. The molecule has 0 radical (unpaired) electrons. The normalized spacial score (nSPS) is 12.7. The third-order valence-corrected chi connectivity index (χ3v) is 3.82. The monoisotopic (exact) mass is 257 g/mol. The average molecular weight is 257 g/mol. The molecule has 1 atom stereocenters. The predicted molar refractivity (Wildman–Crippen MR) is 79.4 cm³/mol. The van der Waals surface area contributed by atoms with E-state index in [0.717, 1.165) is 12.1 Å². The molecule has 0 aliphatic rings. The molecular weight excluding hydrogens is 234 g/mol. The highest BCUT2D eigenvalue weighted by Gasteiger charge is 2.18. The van der Waals surface area contributed by atoms with Gasteiger partial charge in [0.2, 0.25) is 0 Å². The summed E-state index contributed by atoms with van der Waals surface area (Å²) in [6.45, 7) is 6.34. The molecule has 1 aromatic heterocycles. The number of hydrogen-bond donors (Lipinski definition) is 1. The number of nitrogens with one attached hydrogen (secondary N) is 1. The Kier molecular flexibility index (Phi) is 4.05. The van der Waals surface area contributed by atoms with Crippen LogP contribution < -0.4 is 5.32 Å². The predicted octanol–water partition coefficient (Wildman–Crippen LogP) is 2.85. The molecule has 102 valence electrons. The van der Waals surface area contributed by atoms with E-state index in [2.05, 4.69) is 55.5 Å². The Bertz CT molecular complexity index is 552. The number of aromatic nitrogens is 2. The van der Waals surface area contributed by atoms with Gasteiger partial charge in [-0.3, -0.25) is 4.68 Å². The van der Waals surface area contributed by atoms with Crippen molar-refractivity contribution in [3.8, 4) is 0 Å². The second-order valence-corrected chi connectivity index (χ2v) is 5.24. The highest BCUT2D eigenvalue weighted by Crippen LogP contribution is 2.24. The first-order chi connectivity index (χ1) is 9.02. The van der Waals surface area contributed by atoms with Gasteiger partial charge in [0.25, 0.3) is 0 Å². The van der Waals surface area contributed by atoms with E-state index in [-0.39, 0.29) is 0 Å². The van der Waals surface area contributed by atoms with Crippen LogP contribution in [0.3, 0.4) is 0 Å². The van der Waals surface area contributed by atoms with Crippen LogP contribution in [-0.4, -0.2) is 16.8 Å². The third kappa shape index (κ3) is 2.87. The molecular formula is C16H23N3. The highest BCUT2D eigenvalue weighted by atomic mass is 15.3. The fourth-order valence-electron chi connectivity index (χ4n) is 2.60. The van der Waals surface area contributed by atoms with E-state index < -0.39 is 0 Å². The summed E-state index contributed by atoms with van der Waals surface area (Å²) in [4.78, 5) is 0. The van der Waals surface area contributed by atoms with E-state index in [1.54, 1.807) is 0 Å². The number of likely N-dealkylation sites (N-methyl/N-ethyl adjacent to an activating group) is 1. The largest absolute Gasteiger partial charge is 0.313 e. The van der Waals surface area contributed by atoms with Gasteiger partial charge < -0.3 is 5.32 Å². The molecule has 2 rings (SSSR count). The molecule has 3 nitrogen and oxygen atoms in total. The summed E-state index contributed by atoms with van der Waals surface area (Å²) >= 11 is 0. The van der Waals surface area contributed by atoms with Gasteiger partial charge in [-0.15, -0.1) is 0 Å². The molecule has 0 amide bonds. The van der Waals surface area contributed by atoms with Gasteiger partial charge in [-0.05, 0) is 39.8 Å². The molecule has 1 aromatic carbocycles. The van der Waals surface area contributed by atoms with Crippen LogP contribution in [0.5, 0.6) is 0 Å². The van der Waals surface area contributed by atoms with Gasteiger partial charge in [0, 0.05) is 24.3 Å². The Labute approximate surface area is 115 Å². The molecule has 0 aliphatic heterocycles. The third-order valence-electron chi connectivity index (χ3n) is 3.82. The Balaban J connectivity index is 2.27. The van der Waals surface area contributed by atoms with Crippen molar-refractivity contribution in [3.05, 3.63) is 52.3 Å². The van der Waals surface area contributed by atoms with E-state index >= 15 is 0 Å². The number of aryl methyl sites for hydroxylation is 3. The minimum absolute atomic E-state index is 0.316.